The topological polar surface area (TPSA) is 61.3 Å². The Labute approximate surface area is 120 Å². The van der Waals surface area contributed by atoms with Gasteiger partial charge in [0.15, 0.2) is 0 Å². The average Bonchev–Trinajstić information content (AvgIpc) is 2.32. The standard InChI is InChI=1S/C17H22N2O/c1-11-5-7-13(17(2,3)4)16(9-11)20-12-6-8-14(18)15(19)10-12/h5-10H,18-19H2,1-4H3. The number of aryl methyl sites for hydroxylation is 1. The summed E-state index contributed by atoms with van der Waals surface area (Å²) >= 11 is 0. The summed E-state index contributed by atoms with van der Waals surface area (Å²) in [5, 5.41) is 0. The van der Waals surface area contributed by atoms with Crippen LogP contribution in [0.25, 0.3) is 0 Å². The molecule has 0 atom stereocenters. The Morgan fingerprint density at radius 2 is 1.60 bits per heavy atom. The van der Waals surface area contributed by atoms with Crippen LogP contribution in [0.1, 0.15) is 31.9 Å². The van der Waals surface area contributed by atoms with Crippen molar-refractivity contribution in [2.24, 2.45) is 0 Å². The van der Waals surface area contributed by atoms with E-state index in [1.807, 2.05) is 12.1 Å². The lowest BCUT2D eigenvalue weighted by molar-refractivity contribution is 0.455. The van der Waals surface area contributed by atoms with Gasteiger partial charge in [-0.25, -0.2) is 0 Å². The SMILES string of the molecule is Cc1ccc(C(C)(C)C)c(Oc2ccc(N)c(N)c2)c1. The van der Waals surface area contributed by atoms with Gasteiger partial charge in [-0.3, -0.25) is 0 Å². The second kappa shape index (κ2) is 5.08. The highest BCUT2D eigenvalue weighted by molar-refractivity contribution is 5.65. The summed E-state index contributed by atoms with van der Waals surface area (Å²) in [6, 6.07) is 11.6. The Morgan fingerprint density at radius 1 is 0.900 bits per heavy atom. The molecule has 3 heteroatoms. The van der Waals surface area contributed by atoms with Crippen LogP contribution in [0, 0.1) is 6.92 Å². The number of benzene rings is 2. The van der Waals surface area contributed by atoms with Crippen molar-refractivity contribution < 1.29 is 4.74 Å². The van der Waals surface area contributed by atoms with Crippen molar-refractivity contribution in [1.29, 1.82) is 0 Å². The molecule has 2 aromatic carbocycles. The predicted octanol–water partition coefficient (Wildman–Crippen LogP) is 4.25. The number of hydrogen-bond acceptors (Lipinski definition) is 3. The maximum Gasteiger partial charge on any atom is 0.131 e. The maximum atomic E-state index is 6.02. The minimum absolute atomic E-state index is 0.0163. The summed E-state index contributed by atoms with van der Waals surface area (Å²) in [5.74, 6) is 1.56. The molecule has 0 aliphatic carbocycles. The first-order valence-corrected chi connectivity index (χ1v) is 6.71. The van der Waals surface area contributed by atoms with E-state index >= 15 is 0 Å². The van der Waals surface area contributed by atoms with Crippen LogP contribution >= 0.6 is 0 Å². The molecule has 0 aromatic heterocycles. The molecule has 106 valence electrons. The number of hydrogen-bond donors (Lipinski definition) is 2. The van der Waals surface area contributed by atoms with Gasteiger partial charge in [0.25, 0.3) is 0 Å². The van der Waals surface area contributed by atoms with Crippen molar-refractivity contribution in [3.8, 4) is 11.5 Å². The number of nitrogen functional groups attached to an aromatic ring is 2. The van der Waals surface area contributed by atoms with Crippen molar-refractivity contribution in [3.05, 3.63) is 47.5 Å². The lowest BCUT2D eigenvalue weighted by atomic mass is 9.86. The van der Waals surface area contributed by atoms with E-state index in [1.54, 1.807) is 12.1 Å². The molecule has 0 saturated carbocycles. The van der Waals surface area contributed by atoms with E-state index in [0.29, 0.717) is 17.1 Å². The highest BCUT2D eigenvalue weighted by atomic mass is 16.5. The molecule has 20 heavy (non-hydrogen) atoms. The van der Waals surface area contributed by atoms with E-state index in [1.165, 1.54) is 5.56 Å². The van der Waals surface area contributed by atoms with Gasteiger partial charge in [0.2, 0.25) is 0 Å². The minimum atomic E-state index is 0.0163. The van der Waals surface area contributed by atoms with E-state index in [9.17, 15) is 0 Å². The molecule has 0 saturated heterocycles. The first-order chi connectivity index (χ1) is 9.27. The summed E-state index contributed by atoms with van der Waals surface area (Å²) in [5.41, 5.74) is 15.0. The zero-order valence-corrected chi connectivity index (χ0v) is 12.5. The maximum absolute atomic E-state index is 6.02. The zero-order valence-electron chi connectivity index (χ0n) is 12.5. The highest BCUT2D eigenvalue weighted by Crippen LogP contribution is 2.35. The Balaban J connectivity index is 2.42. The van der Waals surface area contributed by atoms with Gasteiger partial charge >= 0.3 is 0 Å². The van der Waals surface area contributed by atoms with Crippen molar-refractivity contribution in [2.45, 2.75) is 33.1 Å². The molecule has 3 nitrogen and oxygen atoms in total. The van der Waals surface area contributed by atoms with Crippen LogP contribution < -0.4 is 16.2 Å². The Kier molecular flexibility index (Phi) is 3.62. The van der Waals surface area contributed by atoms with Gasteiger partial charge in [0, 0.05) is 11.6 Å². The fraction of sp³-hybridized carbons (Fsp3) is 0.294. The number of anilines is 2. The van der Waals surface area contributed by atoms with Crippen LogP contribution in [0.3, 0.4) is 0 Å². The van der Waals surface area contributed by atoms with E-state index in [-0.39, 0.29) is 5.41 Å². The number of ether oxygens (including phenoxy) is 1. The second-order valence-corrected chi connectivity index (χ2v) is 6.14. The molecule has 0 bridgehead atoms. The van der Waals surface area contributed by atoms with Crippen molar-refractivity contribution in [2.75, 3.05) is 11.5 Å². The largest absolute Gasteiger partial charge is 0.457 e. The number of nitrogens with two attached hydrogens (primary N) is 2. The lowest BCUT2D eigenvalue weighted by Gasteiger charge is -2.23. The van der Waals surface area contributed by atoms with Crippen LogP contribution in [0.4, 0.5) is 11.4 Å². The molecule has 4 N–H and O–H groups in total. The molecule has 0 radical (unpaired) electrons. The predicted molar refractivity (Wildman–Crippen MR) is 85.2 cm³/mol. The summed E-state index contributed by atoms with van der Waals surface area (Å²) in [6.45, 7) is 8.56. The molecular formula is C17H22N2O. The van der Waals surface area contributed by atoms with Crippen LogP contribution in [-0.4, -0.2) is 0 Å². The van der Waals surface area contributed by atoms with Gasteiger partial charge in [-0.15, -0.1) is 0 Å². The molecule has 0 aliphatic heterocycles. The third-order valence-corrected chi connectivity index (χ3v) is 3.23. The fourth-order valence-electron chi connectivity index (χ4n) is 2.08. The van der Waals surface area contributed by atoms with Crippen molar-refractivity contribution >= 4 is 11.4 Å². The Morgan fingerprint density at radius 3 is 2.20 bits per heavy atom. The number of rotatable bonds is 2. The monoisotopic (exact) mass is 270 g/mol. The molecule has 0 unspecified atom stereocenters. The highest BCUT2D eigenvalue weighted by Gasteiger charge is 2.19. The van der Waals surface area contributed by atoms with E-state index in [2.05, 4.69) is 39.8 Å². The Hall–Kier alpha value is -2.16. The second-order valence-electron chi connectivity index (χ2n) is 6.14. The van der Waals surface area contributed by atoms with Gasteiger partial charge < -0.3 is 16.2 Å². The molecule has 0 aliphatic rings. The minimum Gasteiger partial charge on any atom is -0.457 e. The van der Waals surface area contributed by atoms with Crippen LogP contribution in [-0.2, 0) is 5.41 Å². The third-order valence-electron chi connectivity index (χ3n) is 3.23. The summed E-state index contributed by atoms with van der Waals surface area (Å²) in [4.78, 5) is 0. The van der Waals surface area contributed by atoms with Crippen molar-refractivity contribution in [3.63, 3.8) is 0 Å². The molecule has 0 amide bonds. The van der Waals surface area contributed by atoms with E-state index < -0.39 is 0 Å². The molecule has 0 fully saturated rings. The smallest absolute Gasteiger partial charge is 0.131 e. The van der Waals surface area contributed by atoms with Crippen molar-refractivity contribution in [1.82, 2.24) is 0 Å². The average molecular weight is 270 g/mol. The fourth-order valence-corrected chi connectivity index (χ4v) is 2.08. The Bertz CT molecular complexity index is 627. The quantitative estimate of drug-likeness (QED) is 0.802. The lowest BCUT2D eigenvalue weighted by Crippen LogP contribution is -2.12. The van der Waals surface area contributed by atoms with Gasteiger partial charge in [0.1, 0.15) is 11.5 Å². The first kappa shape index (κ1) is 14.3. The molecule has 2 aromatic rings. The first-order valence-electron chi connectivity index (χ1n) is 6.71. The van der Waals surface area contributed by atoms with Crippen LogP contribution in [0.15, 0.2) is 36.4 Å². The molecule has 0 spiro atoms. The molecule has 2 rings (SSSR count). The zero-order chi connectivity index (χ0) is 14.9. The normalized spacial score (nSPS) is 11.4. The van der Waals surface area contributed by atoms with Crippen LogP contribution in [0.2, 0.25) is 0 Å². The van der Waals surface area contributed by atoms with E-state index in [0.717, 1.165) is 11.3 Å². The van der Waals surface area contributed by atoms with Crippen LogP contribution in [0.5, 0.6) is 11.5 Å². The van der Waals surface area contributed by atoms with Gasteiger partial charge in [0.05, 0.1) is 11.4 Å². The summed E-state index contributed by atoms with van der Waals surface area (Å²) in [7, 11) is 0. The van der Waals surface area contributed by atoms with E-state index in [4.69, 9.17) is 16.2 Å². The molecule has 0 heterocycles. The third kappa shape index (κ3) is 3.05. The van der Waals surface area contributed by atoms with Gasteiger partial charge in [-0.05, 0) is 36.1 Å². The van der Waals surface area contributed by atoms with Gasteiger partial charge in [-0.2, -0.15) is 0 Å². The summed E-state index contributed by atoms with van der Waals surface area (Å²) in [6.07, 6.45) is 0. The molecular weight excluding hydrogens is 248 g/mol. The summed E-state index contributed by atoms with van der Waals surface area (Å²) < 4.78 is 6.02. The van der Waals surface area contributed by atoms with Gasteiger partial charge in [-0.1, -0.05) is 32.9 Å².